The average Bonchev–Trinajstić information content (AvgIpc) is 2.82. The van der Waals surface area contributed by atoms with Crippen LogP contribution < -0.4 is 5.32 Å². The van der Waals surface area contributed by atoms with Gasteiger partial charge in [0.25, 0.3) is 5.91 Å². The highest BCUT2D eigenvalue weighted by Gasteiger charge is 2.09. The lowest BCUT2D eigenvalue weighted by atomic mass is 10.2. The molecule has 1 amide bonds. The Balaban J connectivity index is 1.88. The number of rotatable bonds is 2. The van der Waals surface area contributed by atoms with Gasteiger partial charge in [0.15, 0.2) is 0 Å². The Morgan fingerprint density at radius 2 is 1.95 bits per heavy atom. The van der Waals surface area contributed by atoms with E-state index in [1.54, 1.807) is 24.5 Å². The lowest BCUT2D eigenvalue weighted by Gasteiger charge is -2.05. The third-order valence-electron chi connectivity index (χ3n) is 3.09. The highest BCUT2D eigenvalue weighted by atomic mass is 19.1. The molecule has 2 aromatic carbocycles. The van der Waals surface area contributed by atoms with Crippen LogP contribution in [0.15, 0.2) is 48.8 Å². The van der Waals surface area contributed by atoms with Crippen LogP contribution >= 0.6 is 0 Å². The van der Waals surface area contributed by atoms with Crippen LogP contribution in [0.25, 0.3) is 11.0 Å². The van der Waals surface area contributed by atoms with Crippen LogP contribution in [0, 0.1) is 5.82 Å². The predicted molar refractivity (Wildman–Crippen MR) is 75.1 cm³/mol. The molecule has 0 fully saturated rings. The Morgan fingerprint density at radius 3 is 2.70 bits per heavy atom. The minimum atomic E-state index is -0.334. The zero-order chi connectivity index (χ0) is 14.1. The van der Waals surface area contributed by atoms with E-state index in [4.69, 9.17) is 0 Å². The van der Waals surface area contributed by atoms with Crippen molar-refractivity contribution in [1.29, 1.82) is 0 Å². The molecule has 5 heteroatoms. The second kappa shape index (κ2) is 4.77. The van der Waals surface area contributed by atoms with Crippen molar-refractivity contribution in [3.63, 3.8) is 0 Å². The molecule has 0 aliphatic rings. The first-order valence-electron chi connectivity index (χ1n) is 6.11. The number of carbonyl (C=O) groups excluding carboxylic acids is 1. The van der Waals surface area contributed by atoms with Crippen LogP contribution in [0.5, 0.6) is 0 Å². The molecule has 0 spiro atoms. The van der Waals surface area contributed by atoms with E-state index in [-0.39, 0.29) is 11.7 Å². The minimum absolute atomic E-state index is 0.236. The first-order chi connectivity index (χ1) is 9.63. The van der Waals surface area contributed by atoms with Gasteiger partial charge in [0, 0.05) is 18.3 Å². The molecule has 0 aliphatic carbocycles. The first-order valence-corrected chi connectivity index (χ1v) is 6.11. The standard InChI is InChI=1S/C15H12FN3O/c1-19-9-17-13-7-2-10(8-14(13)19)15(20)18-12-5-3-11(16)4-6-12/h2-9H,1H3,(H,18,20). The van der Waals surface area contributed by atoms with E-state index < -0.39 is 0 Å². The third-order valence-corrected chi connectivity index (χ3v) is 3.09. The number of halogens is 1. The van der Waals surface area contributed by atoms with E-state index in [1.807, 2.05) is 11.6 Å². The third kappa shape index (κ3) is 2.25. The number of hydrogen-bond donors (Lipinski definition) is 1. The molecule has 1 heterocycles. The number of carbonyl (C=O) groups is 1. The van der Waals surface area contributed by atoms with Crippen molar-refractivity contribution in [2.45, 2.75) is 0 Å². The Labute approximate surface area is 114 Å². The van der Waals surface area contributed by atoms with Gasteiger partial charge in [0.2, 0.25) is 0 Å². The van der Waals surface area contributed by atoms with Crippen molar-refractivity contribution in [3.8, 4) is 0 Å². The molecular formula is C15H12FN3O. The summed E-state index contributed by atoms with van der Waals surface area (Å²) in [5.41, 5.74) is 2.81. The van der Waals surface area contributed by atoms with Gasteiger partial charge in [-0.05, 0) is 42.5 Å². The minimum Gasteiger partial charge on any atom is -0.334 e. The first kappa shape index (κ1) is 12.3. The highest BCUT2D eigenvalue weighted by molar-refractivity contribution is 6.05. The molecule has 0 aliphatic heterocycles. The lowest BCUT2D eigenvalue weighted by Crippen LogP contribution is -2.11. The molecule has 0 atom stereocenters. The van der Waals surface area contributed by atoms with Crippen molar-refractivity contribution in [2.75, 3.05) is 5.32 Å². The van der Waals surface area contributed by atoms with Gasteiger partial charge in [-0.25, -0.2) is 9.37 Å². The second-order valence-corrected chi connectivity index (χ2v) is 4.52. The molecule has 3 aromatic rings. The summed E-state index contributed by atoms with van der Waals surface area (Å²) in [5, 5.41) is 2.73. The fourth-order valence-corrected chi connectivity index (χ4v) is 2.00. The van der Waals surface area contributed by atoms with Crippen LogP contribution in [0.2, 0.25) is 0 Å². The van der Waals surface area contributed by atoms with Gasteiger partial charge < -0.3 is 9.88 Å². The molecule has 0 saturated heterocycles. The van der Waals surface area contributed by atoms with Crippen LogP contribution in [0.3, 0.4) is 0 Å². The van der Waals surface area contributed by atoms with Crippen molar-refractivity contribution < 1.29 is 9.18 Å². The van der Waals surface area contributed by atoms with Gasteiger partial charge in [0.05, 0.1) is 17.4 Å². The van der Waals surface area contributed by atoms with Crippen LogP contribution in [0.1, 0.15) is 10.4 Å². The van der Waals surface area contributed by atoms with Gasteiger partial charge in [-0.2, -0.15) is 0 Å². The molecule has 0 unspecified atom stereocenters. The number of amides is 1. The second-order valence-electron chi connectivity index (χ2n) is 4.52. The maximum Gasteiger partial charge on any atom is 0.255 e. The fraction of sp³-hybridized carbons (Fsp3) is 0.0667. The van der Waals surface area contributed by atoms with Gasteiger partial charge in [-0.1, -0.05) is 0 Å². The number of aryl methyl sites for hydroxylation is 1. The Hall–Kier alpha value is -2.69. The number of imidazole rings is 1. The fourth-order valence-electron chi connectivity index (χ4n) is 2.00. The summed E-state index contributed by atoms with van der Waals surface area (Å²) in [6.45, 7) is 0. The smallest absolute Gasteiger partial charge is 0.255 e. The Bertz CT molecular complexity index is 777. The number of anilines is 1. The van der Waals surface area contributed by atoms with Crippen LogP contribution in [0.4, 0.5) is 10.1 Å². The quantitative estimate of drug-likeness (QED) is 0.777. The Kier molecular flexibility index (Phi) is 2.95. The van der Waals surface area contributed by atoms with E-state index in [9.17, 15) is 9.18 Å². The number of benzene rings is 2. The van der Waals surface area contributed by atoms with Gasteiger partial charge >= 0.3 is 0 Å². The monoisotopic (exact) mass is 269 g/mol. The molecule has 4 nitrogen and oxygen atoms in total. The van der Waals surface area contributed by atoms with Crippen molar-refractivity contribution in [2.24, 2.45) is 7.05 Å². The van der Waals surface area contributed by atoms with Crippen molar-refractivity contribution in [3.05, 3.63) is 60.2 Å². The molecule has 0 radical (unpaired) electrons. The number of nitrogens with one attached hydrogen (secondary N) is 1. The largest absolute Gasteiger partial charge is 0.334 e. The molecule has 3 rings (SSSR count). The summed E-state index contributed by atoms with van der Waals surface area (Å²) in [5.74, 6) is -0.570. The number of fused-ring (bicyclic) bond motifs is 1. The zero-order valence-electron chi connectivity index (χ0n) is 10.8. The van der Waals surface area contributed by atoms with Gasteiger partial charge in [-0.3, -0.25) is 4.79 Å². The maximum absolute atomic E-state index is 12.8. The topological polar surface area (TPSA) is 46.9 Å². The molecule has 0 saturated carbocycles. The van der Waals surface area contributed by atoms with Crippen LogP contribution in [-0.2, 0) is 7.05 Å². The molecule has 100 valence electrons. The van der Waals surface area contributed by atoms with E-state index in [0.717, 1.165) is 11.0 Å². The number of nitrogens with zero attached hydrogens (tertiary/aromatic N) is 2. The summed E-state index contributed by atoms with van der Waals surface area (Å²) < 4.78 is 14.7. The summed E-state index contributed by atoms with van der Waals surface area (Å²) >= 11 is 0. The van der Waals surface area contributed by atoms with Gasteiger partial charge in [0.1, 0.15) is 5.82 Å². The zero-order valence-corrected chi connectivity index (χ0v) is 10.8. The van der Waals surface area contributed by atoms with E-state index in [2.05, 4.69) is 10.3 Å². The van der Waals surface area contributed by atoms with E-state index in [1.165, 1.54) is 24.3 Å². The van der Waals surface area contributed by atoms with Gasteiger partial charge in [-0.15, -0.1) is 0 Å². The normalized spacial score (nSPS) is 10.7. The molecule has 1 N–H and O–H groups in total. The SMILES string of the molecule is Cn1cnc2ccc(C(=O)Nc3ccc(F)cc3)cc21. The average molecular weight is 269 g/mol. The summed E-state index contributed by atoms with van der Waals surface area (Å²) in [7, 11) is 1.87. The lowest BCUT2D eigenvalue weighted by molar-refractivity contribution is 0.102. The molecule has 1 aromatic heterocycles. The number of hydrogen-bond acceptors (Lipinski definition) is 2. The summed E-state index contributed by atoms with van der Waals surface area (Å²) in [6, 6.07) is 11.0. The highest BCUT2D eigenvalue weighted by Crippen LogP contribution is 2.16. The molecule has 20 heavy (non-hydrogen) atoms. The molecule has 0 bridgehead atoms. The summed E-state index contributed by atoms with van der Waals surface area (Å²) in [6.07, 6.45) is 1.70. The van der Waals surface area contributed by atoms with Crippen molar-refractivity contribution in [1.82, 2.24) is 9.55 Å². The van der Waals surface area contributed by atoms with E-state index >= 15 is 0 Å². The van der Waals surface area contributed by atoms with E-state index in [0.29, 0.717) is 11.3 Å². The van der Waals surface area contributed by atoms with Crippen LogP contribution in [-0.4, -0.2) is 15.5 Å². The maximum atomic E-state index is 12.8. The van der Waals surface area contributed by atoms with Crippen molar-refractivity contribution >= 4 is 22.6 Å². The Morgan fingerprint density at radius 1 is 1.20 bits per heavy atom. The predicted octanol–water partition coefficient (Wildman–Crippen LogP) is 2.96. The molecular weight excluding hydrogens is 257 g/mol. The summed E-state index contributed by atoms with van der Waals surface area (Å²) in [4.78, 5) is 16.3. The number of aromatic nitrogens is 2.